The number of nitrogens with zero attached hydrogens (tertiary/aromatic N) is 2. The lowest BCUT2D eigenvalue weighted by atomic mass is 9.97. The van der Waals surface area contributed by atoms with Gasteiger partial charge in [0.1, 0.15) is 5.82 Å². The lowest BCUT2D eigenvalue weighted by molar-refractivity contribution is -0.387. The highest BCUT2D eigenvalue weighted by molar-refractivity contribution is 5.95. The van der Waals surface area contributed by atoms with E-state index in [0.717, 1.165) is 6.42 Å². The fraction of sp³-hybridized carbons (Fsp3) is 0.462. The number of halogens is 2. The summed E-state index contributed by atoms with van der Waals surface area (Å²) in [6, 6.07) is 1.15. The second-order valence-electron chi connectivity index (χ2n) is 5.04. The van der Waals surface area contributed by atoms with Gasteiger partial charge in [0.2, 0.25) is 5.82 Å². The van der Waals surface area contributed by atoms with Crippen molar-refractivity contribution in [3.63, 3.8) is 0 Å². The molecule has 2 N–H and O–H groups in total. The maximum Gasteiger partial charge on any atom is 0.308 e. The van der Waals surface area contributed by atoms with E-state index in [-0.39, 0.29) is 5.92 Å². The minimum atomic E-state index is -1.30. The van der Waals surface area contributed by atoms with Crippen molar-refractivity contribution in [3.05, 3.63) is 39.4 Å². The Hall–Kier alpha value is -2.09. The first kappa shape index (κ1) is 15.3. The first-order valence-electron chi connectivity index (χ1n) is 6.56. The number of rotatable bonds is 3. The van der Waals surface area contributed by atoms with E-state index in [1.165, 1.54) is 4.90 Å². The van der Waals surface area contributed by atoms with Gasteiger partial charge in [0.05, 0.1) is 16.6 Å². The van der Waals surface area contributed by atoms with Gasteiger partial charge >= 0.3 is 5.69 Å². The fourth-order valence-corrected chi connectivity index (χ4v) is 2.48. The number of carbonyl (C=O) groups excluding carboxylic acids is 1. The molecule has 1 aromatic carbocycles. The predicted octanol–water partition coefficient (Wildman–Crippen LogP) is 1.68. The normalized spacial score (nSPS) is 18.6. The van der Waals surface area contributed by atoms with Crippen LogP contribution in [0, 0.1) is 27.7 Å². The van der Waals surface area contributed by atoms with E-state index in [1.807, 2.05) is 0 Å². The van der Waals surface area contributed by atoms with E-state index in [9.17, 15) is 23.7 Å². The van der Waals surface area contributed by atoms with Crippen molar-refractivity contribution in [2.24, 2.45) is 11.7 Å². The molecule has 1 unspecified atom stereocenters. The van der Waals surface area contributed by atoms with Crippen LogP contribution in [0.15, 0.2) is 12.1 Å². The Kier molecular flexibility index (Phi) is 4.46. The summed E-state index contributed by atoms with van der Waals surface area (Å²) in [5, 5.41) is 10.7. The average Bonchev–Trinajstić information content (AvgIpc) is 2.48. The van der Waals surface area contributed by atoms with Crippen LogP contribution in [0.25, 0.3) is 0 Å². The van der Waals surface area contributed by atoms with Crippen LogP contribution in [0.3, 0.4) is 0 Å². The molecule has 1 heterocycles. The molecule has 1 saturated heterocycles. The third kappa shape index (κ3) is 3.15. The molecule has 21 heavy (non-hydrogen) atoms. The maximum atomic E-state index is 14.0. The van der Waals surface area contributed by atoms with Crippen LogP contribution in [0.2, 0.25) is 0 Å². The summed E-state index contributed by atoms with van der Waals surface area (Å²) in [6.45, 7) is 1.15. The number of piperidine rings is 1. The molecule has 1 aromatic rings. The Morgan fingerprint density at radius 2 is 2.19 bits per heavy atom. The van der Waals surface area contributed by atoms with Crippen LogP contribution in [0.4, 0.5) is 14.5 Å². The molecule has 8 heteroatoms. The number of carbonyl (C=O) groups is 1. The van der Waals surface area contributed by atoms with E-state index in [4.69, 9.17) is 5.73 Å². The average molecular weight is 299 g/mol. The minimum absolute atomic E-state index is 0.106. The second-order valence-corrected chi connectivity index (χ2v) is 5.04. The first-order chi connectivity index (χ1) is 9.93. The summed E-state index contributed by atoms with van der Waals surface area (Å²) in [5.41, 5.74) is 3.91. The van der Waals surface area contributed by atoms with Gasteiger partial charge in [-0.3, -0.25) is 14.9 Å². The second kappa shape index (κ2) is 6.13. The predicted molar refractivity (Wildman–Crippen MR) is 70.7 cm³/mol. The number of hydrogen-bond acceptors (Lipinski definition) is 4. The van der Waals surface area contributed by atoms with Gasteiger partial charge < -0.3 is 10.6 Å². The van der Waals surface area contributed by atoms with Gasteiger partial charge in [-0.05, 0) is 31.4 Å². The molecular formula is C13H15F2N3O3. The highest BCUT2D eigenvalue weighted by Gasteiger charge is 2.29. The zero-order valence-corrected chi connectivity index (χ0v) is 11.2. The summed E-state index contributed by atoms with van der Waals surface area (Å²) in [4.78, 5) is 23.3. The molecule has 6 nitrogen and oxygen atoms in total. The molecule has 0 aliphatic carbocycles. The van der Waals surface area contributed by atoms with Crippen molar-refractivity contribution in [2.75, 3.05) is 19.6 Å². The highest BCUT2D eigenvalue weighted by Crippen LogP contribution is 2.25. The Balaban J connectivity index is 2.33. The largest absolute Gasteiger partial charge is 0.338 e. The summed E-state index contributed by atoms with van der Waals surface area (Å²) >= 11 is 0. The van der Waals surface area contributed by atoms with Gasteiger partial charge in [-0.1, -0.05) is 0 Å². The standard InChI is InChI=1S/C13H15F2N3O3/c14-9-4-10(12(15)11(5-9)18(20)21)13(19)17-3-1-2-8(6-16)7-17/h4-5,8H,1-3,6-7,16H2. The van der Waals surface area contributed by atoms with E-state index in [2.05, 4.69) is 0 Å². The third-order valence-corrected chi connectivity index (χ3v) is 3.58. The summed E-state index contributed by atoms with van der Waals surface area (Å²) < 4.78 is 27.4. The van der Waals surface area contributed by atoms with Gasteiger partial charge in [0.25, 0.3) is 5.91 Å². The number of benzene rings is 1. The third-order valence-electron chi connectivity index (χ3n) is 3.58. The van der Waals surface area contributed by atoms with Crippen LogP contribution >= 0.6 is 0 Å². The molecule has 0 aromatic heterocycles. The molecule has 114 valence electrons. The zero-order valence-electron chi connectivity index (χ0n) is 11.2. The van der Waals surface area contributed by atoms with Crippen molar-refractivity contribution >= 4 is 11.6 Å². The maximum absolute atomic E-state index is 14.0. The monoisotopic (exact) mass is 299 g/mol. The molecule has 1 fully saturated rings. The van der Waals surface area contributed by atoms with Crippen LogP contribution in [0.1, 0.15) is 23.2 Å². The van der Waals surface area contributed by atoms with Crippen molar-refractivity contribution in [3.8, 4) is 0 Å². The van der Waals surface area contributed by atoms with Gasteiger partial charge in [0, 0.05) is 13.1 Å². The lowest BCUT2D eigenvalue weighted by Gasteiger charge is -2.32. The van der Waals surface area contributed by atoms with Gasteiger partial charge in [-0.25, -0.2) is 4.39 Å². The molecule has 1 atom stereocenters. The molecule has 0 saturated carbocycles. The smallest absolute Gasteiger partial charge is 0.308 e. The Labute approximate surface area is 119 Å². The summed E-state index contributed by atoms with van der Waals surface area (Å²) in [7, 11) is 0. The quantitative estimate of drug-likeness (QED) is 0.679. The number of nitrogens with two attached hydrogens (primary N) is 1. The molecule has 1 amide bonds. The van der Waals surface area contributed by atoms with E-state index >= 15 is 0 Å². The number of hydrogen-bond donors (Lipinski definition) is 1. The summed E-state index contributed by atoms with van der Waals surface area (Å²) in [6.07, 6.45) is 1.58. The SMILES string of the molecule is NCC1CCCN(C(=O)c2cc(F)cc([N+](=O)[O-])c2F)C1. The molecule has 1 aliphatic heterocycles. The number of amides is 1. The topological polar surface area (TPSA) is 89.5 Å². The number of nitro groups is 1. The highest BCUT2D eigenvalue weighted by atomic mass is 19.1. The Bertz CT molecular complexity index is 580. The number of likely N-dealkylation sites (tertiary alicyclic amines) is 1. The number of nitro benzene ring substituents is 1. The van der Waals surface area contributed by atoms with Crippen molar-refractivity contribution in [1.29, 1.82) is 0 Å². The molecular weight excluding hydrogens is 284 g/mol. The lowest BCUT2D eigenvalue weighted by Crippen LogP contribution is -2.42. The minimum Gasteiger partial charge on any atom is -0.338 e. The Morgan fingerprint density at radius 1 is 1.48 bits per heavy atom. The van der Waals surface area contributed by atoms with E-state index in [1.54, 1.807) is 0 Å². The fourth-order valence-electron chi connectivity index (χ4n) is 2.48. The molecule has 2 rings (SSSR count). The van der Waals surface area contributed by atoms with Crippen molar-refractivity contribution < 1.29 is 18.5 Å². The molecule has 1 aliphatic rings. The van der Waals surface area contributed by atoms with Gasteiger partial charge in [-0.15, -0.1) is 0 Å². The van der Waals surface area contributed by atoms with Crippen LogP contribution in [-0.2, 0) is 0 Å². The van der Waals surface area contributed by atoms with Gasteiger partial charge in [0.15, 0.2) is 0 Å². The van der Waals surface area contributed by atoms with Crippen molar-refractivity contribution in [1.82, 2.24) is 4.90 Å². The molecule has 0 bridgehead atoms. The first-order valence-corrected chi connectivity index (χ1v) is 6.56. The van der Waals surface area contributed by atoms with Gasteiger partial charge in [-0.2, -0.15) is 4.39 Å². The summed E-state index contributed by atoms with van der Waals surface area (Å²) in [5.74, 6) is -2.96. The molecule has 0 radical (unpaired) electrons. The zero-order chi connectivity index (χ0) is 15.6. The Morgan fingerprint density at radius 3 is 2.81 bits per heavy atom. The van der Waals surface area contributed by atoms with Crippen molar-refractivity contribution in [2.45, 2.75) is 12.8 Å². The van der Waals surface area contributed by atoms with E-state index < -0.39 is 33.7 Å². The molecule has 0 spiro atoms. The van der Waals surface area contributed by atoms with Crippen LogP contribution in [-0.4, -0.2) is 35.4 Å². The van der Waals surface area contributed by atoms with Crippen LogP contribution in [0.5, 0.6) is 0 Å². The van der Waals surface area contributed by atoms with E-state index in [0.29, 0.717) is 38.2 Å². The van der Waals surface area contributed by atoms with Crippen LogP contribution < -0.4 is 5.73 Å².